The monoisotopic (exact) mass is 274 g/mol. The van der Waals surface area contributed by atoms with Crippen LogP contribution >= 0.6 is 0 Å². The quantitative estimate of drug-likeness (QED) is 0.878. The second-order valence-electron chi connectivity index (χ2n) is 4.63. The van der Waals surface area contributed by atoms with Gasteiger partial charge in [-0.1, -0.05) is 6.07 Å². The zero-order valence-corrected chi connectivity index (χ0v) is 11.8. The maximum absolute atomic E-state index is 13.5. The summed E-state index contributed by atoms with van der Waals surface area (Å²) < 4.78 is 18.8. The van der Waals surface area contributed by atoms with Gasteiger partial charge in [-0.2, -0.15) is 0 Å². The van der Waals surface area contributed by atoms with Crippen molar-refractivity contribution < 1.29 is 9.13 Å². The lowest BCUT2D eigenvalue weighted by molar-refractivity contribution is 0.397. The molecule has 1 aromatic heterocycles. The highest BCUT2D eigenvalue weighted by atomic mass is 19.1. The Kier molecular flexibility index (Phi) is 5.07. The molecule has 1 atom stereocenters. The average molecular weight is 274 g/mol. The fraction of sp³-hybridized carbons (Fsp3) is 0.312. The van der Waals surface area contributed by atoms with Crippen molar-refractivity contribution in [2.45, 2.75) is 18.9 Å². The molecule has 0 bridgehead atoms. The fourth-order valence-corrected chi connectivity index (χ4v) is 2.29. The first kappa shape index (κ1) is 14.5. The van der Waals surface area contributed by atoms with Crippen LogP contribution in [0.4, 0.5) is 4.39 Å². The molecule has 1 heterocycles. The van der Waals surface area contributed by atoms with Crippen LogP contribution in [0.3, 0.4) is 0 Å². The predicted octanol–water partition coefficient (Wildman–Crippen LogP) is 3.12. The van der Waals surface area contributed by atoms with Crippen molar-refractivity contribution in [3.8, 4) is 5.75 Å². The van der Waals surface area contributed by atoms with Gasteiger partial charge in [0, 0.05) is 24.0 Å². The Morgan fingerprint density at radius 2 is 2.20 bits per heavy atom. The zero-order chi connectivity index (χ0) is 14.4. The molecule has 0 fully saturated rings. The van der Waals surface area contributed by atoms with E-state index in [2.05, 4.69) is 10.3 Å². The van der Waals surface area contributed by atoms with E-state index in [0.717, 1.165) is 18.4 Å². The topological polar surface area (TPSA) is 34.2 Å². The van der Waals surface area contributed by atoms with Crippen LogP contribution < -0.4 is 10.1 Å². The van der Waals surface area contributed by atoms with Crippen LogP contribution in [0.15, 0.2) is 42.7 Å². The number of pyridine rings is 1. The minimum Gasteiger partial charge on any atom is -0.496 e. The van der Waals surface area contributed by atoms with Crippen LogP contribution in [0, 0.1) is 5.82 Å². The van der Waals surface area contributed by atoms with E-state index < -0.39 is 0 Å². The van der Waals surface area contributed by atoms with E-state index >= 15 is 0 Å². The Morgan fingerprint density at radius 1 is 1.35 bits per heavy atom. The highest BCUT2D eigenvalue weighted by Gasteiger charge is 2.15. The lowest BCUT2D eigenvalue weighted by Gasteiger charge is -2.19. The number of aryl methyl sites for hydroxylation is 1. The maximum atomic E-state index is 13.5. The summed E-state index contributed by atoms with van der Waals surface area (Å²) in [5.74, 6) is 0.458. The molecule has 0 radical (unpaired) electrons. The minimum absolute atomic E-state index is 0.0425. The van der Waals surface area contributed by atoms with Gasteiger partial charge in [0.25, 0.3) is 0 Å². The number of nitrogens with zero attached hydrogens (tertiary/aromatic N) is 1. The Balaban J connectivity index is 2.14. The molecule has 20 heavy (non-hydrogen) atoms. The van der Waals surface area contributed by atoms with Crippen molar-refractivity contribution in [3.63, 3.8) is 0 Å². The van der Waals surface area contributed by atoms with Crippen LogP contribution in [0.2, 0.25) is 0 Å². The summed E-state index contributed by atoms with van der Waals surface area (Å²) in [7, 11) is 3.48. The van der Waals surface area contributed by atoms with E-state index in [-0.39, 0.29) is 11.9 Å². The van der Waals surface area contributed by atoms with E-state index in [9.17, 15) is 4.39 Å². The maximum Gasteiger partial charge on any atom is 0.123 e. The second kappa shape index (κ2) is 7.01. The van der Waals surface area contributed by atoms with Gasteiger partial charge < -0.3 is 10.1 Å². The molecule has 2 rings (SSSR count). The number of hydrogen-bond acceptors (Lipinski definition) is 3. The molecule has 0 aliphatic heterocycles. The molecule has 0 aliphatic rings. The summed E-state index contributed by atoms with van der Waals surface area (Å²) >= 11 is 0. The van der Waals surface area contributed by atoms with Crippen molar-refractivity contribution in [2.75, 3.05) is 14.2 Å². The molecule has 106 valence electrons. The van der Waals surface area contributed by atoms with Crippen LogP contribution in [0.1, 0.15) is 23.6 Å². The number of rotatable bonds is 6. The Hall–Kier alpha value is -1.94. The molecule has 0 saturated carbocycles. The number of methoxy groups -OCH3 is 1. The van der Waals surface area contributed by atoms with E-state index in [0.29, 0.717) is 5.75 Å². The molecular formula is C16H19FN2O. The second-order valence-corrected chi connectivity index (χ2v) is 4.63. The number of halogens is 1. The third-order valence-corrected chi connectivity index (χ3v) is 3.36. The van der Waals surface area contributed by atoms with Gasteiger partial charge in [0.05, 0.1) is 7.11 Å². The average Bonchev–Trinajstić information content (AvgIpc) is 2.49. The summed E-state index contributed by atoms with van der Waals surface area (Å²) in [6, 6.07) is 8.62. The third kappa shape index (κ3) is 3.54. The molecule has 1 N–H and O–H groups in total. The fourth-order valence-electron chi connectivity index (χ4n) is 2.29. The molecule has 2 aromatic rings. The van der Waals surface area contributed by atoms with Crippen molar-refractivity contribution in [1.82, 2.24) is 10.3 Å². The number of benzene rings is 1. The van der Waals surface area contributed by atoms with Crippen LogP contribution in [-0.4, -0.2) is 19.1 Å². The SMILES string of the molecule is CNC(CCc1cccnc1)c1cc(F)ccc1OC. The molecular weight excluding hydrogens is 255 g/mol. The summed E-state index contributed by atoms with van der Waals surface area (Å²) in [5.41, 5.74) is 2.02. The zero-order valence-electron chi connectivity index (χ0n) is 11.8. The van der Waals surface area contributed by atoms with Crippen molar-refractivity contribution in [3.05, 3.63) is 59.7 Å². The first-order valence-corrected chi connectivity index (χ1v) is 6.64. The van der Waals surface area contributed by atoms with Gasteiger partial charge >= 0.3 is 0 Å². The lowest BCUT2D eigenvalue weighted by Crippen LogP contribution is -2.18. The van der Waals surface area contributed by atoms with Crippen molar-refractivity contribution in [2.24, 2.45) is 0 Å². The van der Waals surface area contributed by atoms with Crippen LogP contribution in [-0.2, 0) is 6.42 Å². The number of hydrogen-bond donors (Lipinski definition) is 1. The van der Waals surface area contributed by atoms with Crippen LogP contribution in [0.25, 0.3) is 0 Å². The number of nitrogens with one attached hydrogen (secondary N) is 1. The standard InChI is InChI=1S/C16H19FN2O/c1-18-15(7-5-12-4-3-9-19-11-12)14-10-13(17)6-8-16(14)20-2/h3-4,6,8-11,15,18H,5,7H2,1-2H3. The Bertz CT molecular complexity index is 545. The highest BCUT2D eigenvalue weighted by Crippen LogP contribution is 2.28. The summed E-state index contributed by atoms with van der Waals surface area (Å²) in [6.07, 6.45) is 5.34. The van der Waals surface area contributed by atoms with E-state index in [1.165, 1.54) is 17.7 Å². The normalized spacial score (nSPS) is 12.2. The predicted molar refractivity (Wildman–Crippen MR) is 77.3 cm³/mol. The molecule has 4 heteroatoms. The molecule has 1 aromatic carbocycles. The smallest absolute Gasteiger partial charge is 0.123 e. The minimum atomic E-state index is -0.248. The van der Waals surface area contributed by atoms with Gasteiger partial charge in [-0.05, 0) is 49.7 Å². The Morgan fingerprint density at radius 3 is 2.85 bits per heavy atom. The molecule has 0 aliphatic carbocycles. The summed E-state index contributed by atoms with van der Waals surface area (Å²) in [4.78, 5) is 4.10. The summed E-state index contributed by atoms with van der Waals surface area (Å²) in [5, 5.41) is 3.22. The van der Waals surface area contributed by atoms with E-state index in [1.807, 2.05) is 25.4 Å². The molecule has 1 unspecified atom stereocenters. The molecule has 0 saturated heterocycles. The van der Waals surface area contributed by atoms with Gasteiger partial charge in [0.2, 0.25) is 0 Å². The van der Waals surface area contributed by atoms with Crippen molar-refractivity contribution >= 4 is 0 Å². The van der Waals surface area contributed by atoms with Gasteiger partial charge in [0.15, 0.2) is 0 Å². The Labute approximate surface area is 118 Å². The molecule has 0 spiro atoms. The third-order valence-electron chi connectivity index (χ3n) is 3.36. The lowest BCUT2D eigenvalue weighted by atomic mass is 9.99. The van der Waals surface area contributed by atoms with Crippen LogP contribution in [0.5, 0.6) is 5.75 Å². The summed E-state index contributed by atoms with van der Waals surface area (Å²) in [6.45, 7) is 0. The van der Waals surface area contributed by atoms with Gasteiger partial charge in [-0.15, -0.1) is 0 Å². The van der Waals surface area contributed by atoms with E-state index in [1.54, 1.807) is 19.4 Å². The van der Waals surface area contributed by atoms with Gasteiger partial charge in [-0.3, -0.25) is 4.98 Å². The van der Waals surface area contributed by atoms with Gasteiger partial charge in [0.1, 0.15) is 11.6 Å². The first-order valence-electron chi connectivity index (χ1n) is 6.64. The highest BCUT2D eigenvalue weighted by molar-refractivity contribution is 5.36. The number of ether oxygens (including phenoxy) is 1. The van der Waals surface area contributed by atoms with Crippen molar-refractivity contribution in [1.29, 1.82) is 0 Å². The van der Waals surface area contributed by atoms with E-state index in [4.69, 9.17) is 4.74 Å². The molecule has 0 amide bonds. The number of aromatic nitrogens is 1. The first-order chi connectivity index (χ1) is 9.74. The molecule has 3 nitrogen and oxygen atoms in total. The largest absolute Gasteiger partial charge is 0.496 e. The van der Waals surface area contributed by atoms with Gasteiger partial charge in [-0.25, -0.2) is 4.39 Å².